The highest BCUT2D eigenvalue weighted by molar-refractivity contribution is 5.39. The van der Waals surface area contributed by atoms with Crippen molar-refractivity contribution in [2.75, 3.05) is 20.8 Å². The Morgan fingerprint density at radius 2 is 1.63 bits per heavy atom. The predicted molar refractivity (Wildman–Crippen MR) is 80.1 cm³/mol. The quantitative estimate of drug-likeness (QED) is 0.686. The number of methoxy groups -OCH3 is 2. The molecule has 0 fully saturated rings. The van der Waals surface area contributed by atoms with E-state index >= 15 is 0 Å². The molecule has 0 aliphatic heterocycles. The van der Waals surface area contributed by atoms with E-state index in [9.17, 15) is 0 Å². The van der Waals surface area contributed by atoms with E-state index in [0.29, 0.717) is 6.04 Å². The first kappa shape index (κ1) is 15.8. The van der Waals surface area contributed by atoms with E-state index in [1.54, 1.807) is 14.2 Å². The van der Waals surface area contributed by atoms with Gasteiger partial charge >= 0.3 is 0 Å². The largest absolute Gasteiger partial charge is 0.497 e. The van der Waals surface area contributed by atoms with Crippen LogP contribution >= 0.6 is 0 Å². The summed E-state index contributed by atoms with van der Waals surface area (Å²) in [6.07, 6.45) is 4.93. The van der Waals surface area contributed by atoms with Crippen molar-refractivity contribution in [1.29, 1.82) is 0 Å². The fourth-order valence-corrected chi connectivity index (χ4v) is 2.26. The maximum absolute atomic E-state index is 5.34. The zero-order valence-electron chi connectivity index (χ0n) is 12.7. The van der Waals surface area contributed by atoms with Crippen LogP contribution in [0.3, 0.4) is 0 Å². The molecule has 0 saturated carbocycles. The van der Waals surface area contributed by atoms with Crippen LogP contribution in [-0.4, -0.2) is 20.8 Å². The van der Waals surface area contributed by atoms with E-state index in [1.165, 1.54) is 24.8 Å². The van der Waals surface area contributed by atoms with Gasteiger partial charge in [0.15, 0.2) is 0 Å². The molecule has 3 nitrogen and oxygen atoms in total. The van der Waals surface area contributed by atoms with Gasteiger partial charge < -0.3 is 14.8 Å². The third kappa shape index (κ3) is 5.11. The Morgan fingerprint density at radius 1 is 1.00 bits per heavy atom. The van der Waals surface area contributed by atoms with Crippen LogP contribution in [0.15, 0.2) is 18.2 Å². The Labute approximate surface area is 117 Å². The second-order valence-electron chi connectivity index (χ2n) is 4.75. The van der Waals surface area contributed by atoms with E-state index < -0.39 is 0 Å². The molecule has 0 bridgehead atoms. The number of unbranched alkanes of at least 4 members (excludes halogenated alkanes) is 2. The van der Waals surface area contributed by atoms with Crippen molar-refractivity contribution in [1.82, 2.24) is 5.32 Å². The van der Waals surface area contributed by atoms with Crippen molar-refractivity contribution >= 4 is 0 Å². The molecule has 0 saturated heterocycles. The average molecular weight is 265 g/mol. The zero-order valence-corrected chi connectivity index (χ0v) is 12.7. The summed E-state index contributed by atoms with van der Waals surface area (Å²) in [4.78, 5) is 0. The van der Waals surface area contributed by atoms with Crippen LogP contribution in [-0.2, 0) is 0 Å². The Bertz CT molecular complexity index is 344. The molecule has 1 atom stereocenters. The lowest BCUT2D eigenvalue weighted by Crippen LogP contribution is -2.21. The van der Waals surface area contributed by atoms with Gasteiger partial charge in [0.05, 0.1) is 14.2 Å². The lowest BCUT2D eigenvalue weighted by molar-refractivity contribution is 0.390. The Balaban J connectivity index is 2.86. The van der Waals surface area contributed by atoms with Crippen LogP contribution < -0.4 is 14.8 Å². The SMILES string of the molecule is CCCCCC(NCC)c1cc(OC)cc(OC)c1. The van der Waals surface area contributed by atoms with E-state index in [-0.39, 0.29) is 0 Å². The number of hydrogen-bond donors (Lipinski definition) is 1. The third-order valence-electron chi connectivity index (χ3n) is 3.32. The lowest BCUT2D eigenvalue weighted by Gasteiger charge is -2.20. The third-order valence-corrected chi connectivity index (χ3v) is 3.32. The van der Waals surface area contributed by atoms with Crippen molar-refractivity contribution in [2.24, 2.45) is 0 Å². The molecule has 0 radical (unpaired) electrons. The Hall–Kier alpha value is -1.22. The molecule has 0 aromatic heterocycles. The van der Waals surface area contributed by atoms with E-state index in [4.69, 9.17) is 9.47 Å². The van der Waals surface area contributed by atoms with Gasteiger partial charge in [-0.05, 0) is 30.7 Å². The molecule has 0 spiro atoms. The van der Waals surface area contributed by atoms with Gasteiger partial charge in [-0.15, -0.1) is 0 Å². The van der Waals surface area contributed by atoms with Gasteiger partial charge in [0.25, 0.3) is 0 Å². The second-order valence-corrected chi connectivity index (χ2v) is 4.75. The molecular weight excluding hydrogens is 238 g/mol. The van der Waals surface area contributed by atoms with Crippen LogP contribution in [0.4, 0.5) is 0 Å². The van der Waals surface area contributed by atoms with Gasteiger partial charge in [0.2, 0.25) is 0 Å². The second kappa shape index (κ2) is 8.81. The molecular formula is C16H27NO2. The summed E-state index contributed by atoms with van der Waals surface area (Å²) in [5.41, 5.74) is 1.24. The van der Waals surface area contributed by atoms with Crippen LogP contribution in [0.25, 0.3) is 0 Å². The minimum atomic E-state index is 0.376. The van der Waals surface area contributed by atoms with Gasteiger partial charge in [-0.1, -0.05) is 33.1 Å². The molecule has 1 N–H and O–H groups in total. The number of hydrogen-bond acceptors (Lipinski definition) is 3. The predicted octanol–water partition coefficient (Wildman–Crippen LogP) is 3.93. The van der Waals surface area contributed by atoms with Crippen molar-refractivity contribution in [3.63, 3.8) is 0 Å². The zero-order chi connectivity index (χ0) is 14.1. The maximum atomic E-state index is 5.34. The highest BCUT2D eigenvalue weighted by Gasteiger charge is 2.12. The molecule has 3 heteroatoms. The minimum absolute atomic E-state index is 0.376. The van der Waals surface area contributed by atoms with Gasteiger partial charge in [-0.2, -0.15) is 0 Å². The highest BCUT2D eigenvalue weighted by atomic mass is 16.5. The van der Waals surface area contributed by atoms with Crippen molar-refractivity contribution < 1.29 is 9.47 Å². The monoisotopic (exact) mass is 265 g/mol. The normalized spacial score (nSPS) is 12.2. The lowest BCUT2D eigenvalue weighted by atomic mass is 9.99. The fourth-order valence-electron chi connectivity index (χ4n) is 2.26. The molecule has 0 amide bonds. The van der Waals surface area contributed by atoms with Crippen molar-refractivity contribution in [3.8, 4) is 11.5 Å². The number of benzene rings is 1. The molecule has 0 aliphatic rings. The van der Waals surface area contributed by atoms with Gasteiger partial charge in [-0.3, -0.25) is 0 Å². The summed E-state index contributed by atoms with van der Waals surface area (Å²) in [7, 11) is 3.38. The minimum Gasteiger partial charge on any atom is -0.497 e. The van der Waals surface area contributed by atoms with Gasteiger partial charge in [0.1, 0.15) is 11.5 Å². The maximum Gasteiger partial charge on any atom is 0.122 e. The van der Waals surface area contributed by atoms with E-state index in [0.717, 1.165) is 24.5 Å². The molecule has 1 aromatic rings. The summed E-state index contributed by atoms with van der Waals surface area (Å²) >= 11 is 0. The molecule has 1 rings (SSSR count). The first-order valence-corrected chi connectivity index (χ1v) is 7.21. The van der Waals surface area contributed by atoms with Crippen molar-refractivity contribution in [3.05, 3.63) is 23.8 Å². The topological polar surface area (TPSA) is 30.5 Å². The first-order chi connectivity index (χ1) is 9.24. The van der Waals surface area contributed by atoms with Crippen LogP contribution in [0.2, 0.25) is 0 Å². The summed E-state index contributed by atoms with van der Waals surface area (Å²) < 4.78 is 10.7. The Kier molecular flexibility index (Phi) is 7.34. The van der Waals surface area contributed by atoms with Crippen LogP contribution in [0.1, 0.15) is 51.1 Å². The average Bonchev–Trinajstić information content (AvgIpc) is 2.46. The standard InChI is InChI=1S/C16H27NO2/c1-5-7-8-9-16(17-6-2)13-10-14(18-3)12-15(11-13)19-4/h10-12,16-17H,5-9H2,1-4H3. The van der Waals surface area contributed by atoms with E-state index in [1.807, 2.05) is 6.07 Å². The van der Waals surface area contributed by atoms with Gasteiger partial charge in [-0.25, -0.2) is 0 Å². The summed E-state index contributed by atoms with van der Waals surface area (Å²) in [5, 5.41) is 3.55. The molecule has 108 valence electrons. The summed E-state index contributed by atoms with van der Waals surface area (Å²) in [5.74, 6) is 1.71. The molecule has 0 heterocycles. The summed E-state index contributed by atoms with van der Waals surface area (Å²) in [6.45, 7) is 5.34. The van der Waals surface area contributed by atoms with Gasteiger partial charge in [0, 0.05) is 12.1 Å². The number of ether oxygens (including phenoxy) is 2. The van der Waals surface area contributed by atoms with Crippen LogP contribution in [0, 0.1) is 0 Å². The number of rotatable bonds is 9. The molecule has 1 aromatic carbocycles. The Morgan fingerprint density at radius 3 is 2.11 bits per heavy atom. The van der Waals surface area contributed by atoms with Crippen LogP contribution in [0.5, 0.6) is 11.5 Å². The molecule has 0 aliphatic carbocycles. The van der Waals surface area contributed by atoms with Crippen molar-refractivity contribution in [2.45, 2.75) is 45.6 Å². The molecule has 1 unspecified atom stereocenters. The van der Waals surface area contributed by atoms with E-state index in [2.05, 4.69) is 31.3 Å². The molecule has 19 heavy (non-hydrogen) atoms. The first-order valence-electron chi connectivity index (χ1n) is 7.21. The summed E-state index contributed by atoms with van der Waals surface area (Å²) in [6, 6.07) is 6.49. The fraction of sp³-hybridized carbons (Fsp3) is 0.625. The highest BCUT2D eigenvalue weighted by Crippen LogP contribution is 2.28. The number of nitrogens with one attached hydrogen (secondary N) is 1. The smallest absolute Gasteiger partial charge is 0.122 e.